The number of rotatable bonds is 8. The maximum atomic E-state index is 11.6. The molecule has 0 saturated carbocycles. The summed E-state index contributed by atoms with van der Waals surface area (Å²) >= 11 is 0. The van der Waals surface area contributed by atoms with Gasteiger partial charge in [-0.3, -0.25) is 5.32 Å². The van der Waals surface area contributed by atoms with Crippen molar-refractivity contribution in [2.75, 3.05) is 38.0 Å². The number of carbonyl (C=O) groups is 1. The summed E-state index contributed by atoms with van der Waals surface area (Å²) in [6.45, 7) is 5.96. The number of carbonyl (C=O) groups excluding carboxylic acids is 1. The van der Waals surface area contributed by atoms with Gasteiger partial charge in [0.25, 0.3) is 0 Å². The van der Waals surface area contributed by atoms with Gasteiger partial charge in [-0.1, -0.05) is 12.1 Å². The van der Waals surface area contributed by atoms with Crippen molar-refractivity contribution in [2.24, 2.45) is 0 Å². The number of anilines is 2. The number of hydrogen-bond acceptors (Lipinski definition) is 5. The number of nitrogens with zero attached hydrogens (tertiary/aromatic N) is 1. The van der Waals surface area contributed by atoms with E-state index in [2.05, 4.69) is 16.8 Å². The molecule has 0 bridgehead atoms. The fourth-order valence-corrected chi connectivity index (χ4v) is 3.32. The average Bonchev–Trinajstić information content (AvgIpc) is 3.00. The zero-order chi connectivity index (χ0) is 20.8. The predicted molar refractivity (Wildman–Crippen MR) is 115 cm³/mol. The summed E-state index contributed by atoms with van der Waals surface area (Å²) in [5.74, 6) is 0.780. The maximum absolute atomic E-state index is 11.6. The standard InChI is InChI=1S/C22H27N3O4/c1-4-25-19-14-17(29-13-12-27-3)10-11-18(19)20(23)21(25)15-6-8-16(9-7-15)24-22(26)28-5-2/h6-11,14H,4-5,12-13,23H2,1-3H3,(H,24,26). The van der Waals surface area contributed by atoms with Gasteiger partial charge in [-0.15, -0.1) is 0 Å². The van der Waals surface area contributed by atoms with Crippen LogP contribution in [0.3, 0.4) is 0 Å². The molecule has 3 aromatic rings. The fraction of sp³-hybridized carbons (Fsp3) is 0.318. The number of methoxy groups -OCH3 is 1. The molecule has 7 heteroatoms. The van der Waals surface area contributed by atoms with E-state index in [0.29, 0.717) is 25.5 Å². The van der Waals surface area contributed by atoms with Crippen LogP contribution < -0.4 is 15.8 Å². The third-order valence-electron chi connectivity index (χ3n) is 4.63. The summed E-state index contributed by atoms with van der Waals surface area (Å²) in [6, 6.07) is 13.5. The van der Waals surface area contributed by atoms with E-state index in [1.807, 2.05) is 42.5 Å². The third kappa shape index (κ3) is 4.46. The number of fused-ring (bicyclic) bond motifs is 1. The molecule has 1 amide bonds. The minimum Gasteiger partial charge on any atom is -0.491 e. The van der Waals surface area contributed by atoms with Crippen LogP contribution in [0.1, 0.15) is 13.8 Å². The van der Waals surface area contributed by atoms with Crippen molar-refractivity contribution in [3.63, 3.8) is 0 Å². The van der Waals surface area contributed by atoms with E-state index in [0.717, 1.165) is 40.1 Å². The molecule has 1 aromatic heterocycles. The number of nitrogen functional groups attached to an aromatic ring is 1. The molecule has 0 aliphatic rings. The first kappa shape index (κ1) is 20.5. The molecular formula is C22H27N3O4. The monoisotopic (exact) mass is 397 g/mol. The van der Waals surface area contributed by atoms with E-state index in [-0.39, 0.29) is 0 Å². The van der Waals surface area contributed by atoms with Gasteiger partial charge in [0.15, 0.2) is 0 Å². The molecule has 0 aliphatic carbocycles. The molecule has 154 valence electrons. The molecule has 29 heavy (non-hydrogen) atoms. The van der Waals surface area contributed by atoms with Gasteiger partial charge in [-0.05, 0) is 38.1 Å². The molecule has 0 radical (unpaired) electrons. The van der Waals surface area contributed by atoms with E-state index in [1.165, 1.54) is 0 Å². The summed E-state index contributed by atoms with van der Waals surface area (Å²) in [4.78, 5) is 11.6. The van der Waals surface area contributed by atoms with Gasteiger partial charge in [0, 0.05) is 36.4 Å². The number of ether oxygens (including phenoxy) is 3. The second-order valence-corrected chi connectivity index (χ2v) is 6.45. The van der Waals surface area contributed by atoms with E-state index < -0.39 is 6.09 Å². The Labute approximate surface area is 170 Å². The van der Waals surface area contributed by atoms with Crippen LogP contribution in [0.2, 0.25) is 0 Å². The highest BCUT2D eigenvalue weighted by atomic mass is 16.5. The van der Waals surface area contributed by atoms with Crippen LogP contribution in [0.15, 0.2) is 42.5 Å². The molecule has 0 atom stereocenters. The summed E-state index contributed by atoms with van der Waals surface area (Å²) in [5.41, 5.74) is 10.8. The molecule has 3 rings (SSSR count). The normalized spacial score (nSPS) is 10.9. The lowest BCUT2D eigenvalue weighted by Gasteiger charge is -2.11. The van der Waals surface area contributed by atoms with Gasteiger partial charge >= 0.3 is 6.09 Å². The van der Waals surface area contributed by atoms with Crippen LogP contribution in [-0.2, 0) is 16.0 Å². The van der Waals surface area contributed by atoms with Gasteiger partial charge in [0.2, 0.25) is 0 Å². The minimum atomic E-state index is -0.469. The van der Waals surface area contributed by atoms with Crippen LogP contribution >= 0.6 is 0 Å². The van der Waals surface area contributed by atoms with E-state index in [9.17, 15) is 4.79 Å². The van der Waals surface area contributed by atoms with Gasteiger partial charge < -0.3 is 24.5 Å². The number of nitrogens with one attached hydrogen (secondary N) is 1. The van der Waals surface area contributed by atoms with Crippen LogP contribution in [0.4, 0.5) is 16.2 Å². The second kappa shape index (κ2) is 9.34. The van der Waals surface area contributed by atoms with Crippen molar-refractivity contribution in [1.82, 2.24) is 4.57 Å². The molecule has 3 N–H and O–H groups in total. The average molecular weight is 397 g/mol. The second-order valence-electron chi connectivity index (χ2n) is 6.45. The first-order valence-electron chi connectivity index (χ1n) is 9.66. The molecular weight excluding hydrogens is 370 g/mol. The van der Waals surface area contributed by atoms with Crippen molar-refractivity contribution < 1.29 is 19.0 Å². The number of benzene rings is 2. The number of nitrogens with two attached hydrogens (primary N) is 1. The smallest absolute Gasteiger partial charge is 0.411 e. The summed E-state index contributed by atoms with van der Waals surface area (Å²) < 4.78 is 17.9. The highest BCUT2D eigenvalue weighted by Crippen LogP contribution is 2.38. The predicted octanol–water partition coefficient (Wildman–Crippen LogP) is 4.50. The lowest BCUT2D eigenvalue weighted by Crippen LogP contribution is -2.13. The van der Waals surface area contributed by atoms with Crippen molar-refractivity contribution in [2.45, 2.75) is 20.4 Å². The molecule has 2 aromatic carbocycles. The molecule has 0 fully saturated rings. The number of hydrogen-bond donors (Lipinski definition) is 2. The van der Waals surface area contributed by atoms with E-state index in [4.69, 9.17) is 19.9 Å². The fourth-order valence-electron chi connectivity index (χ4n) is 3.32. The lowest BCUT2D eigenvalue weighted by atomic mass is 10.1. The number of aromatic nitrogens is 1. The molecule has 7 nitrogen and oxygen atoms in total. The Morgan fingerprint density at radius 2 is 1.86 bits per heavy atom. The molecule has 0 saturated heterocycles. The summed E-state index contributed by atoms with van der Waals surface area (Å²) in [6.07, 6.45) is -0.469. The van der Waals surface area contributed by atoms with Crippen molar-refractivity contribution in [3.05, 3.63) is 42.5 Å². The first-order valence-corrected chi connectivity index (χ1v) is 9.66. The lowest BCUT2D eigenvalue weighted by molar-refractivity contribution is 0.146. The zero-order valence-corrected chi connectivity index (χ0v) is 17.0. The van der Waals surface area contributed by atoms with Gasteiger partial charge in [-0.2, -0.15) is 0 Å². The Kier molecular flexibility index (Phi) is 6.61. The van der Waals surface area contributed by atoms with Gasteiger partial charge in [0.1, 0.15) is 12.4 Å². The summed E-state index contributed by atoms with van der Waals surface area (Å²) in [5, 5.41) is 3.68. The third-order valence-corrected chi connectivity index (χ3v) is 4.63. The Balaban J connectivity index is 1.94. The molecule has 0 unspecified atom stereocenters. The largest absolute Gasteiger partial charge is 0.491 e. The Bertz CT molecular complexity index is 980. The SMILES string of the molecule is CCOC(=O)Nc1ccc(-c2c(N)c3ccc(OCCOC)cc3n2CC)cc1. The quantitative estimate of drug-likeness (QED) is 0.546. The Hall–Kier alpha value is -3.19. The molecule has 0 spiro atoms. The Morgan fingerprint density at radius 1 is 1.10 bits per heavy atom. The van der Waals surface area contributed by atoms with E-state index >= 15 is 0 Å². The highest BCUT2D eigenvalue weighted by molar-refractivity contribution is 6.01. The molecule has 0 aliphatic heterocycles. The van der Waals surface area contributed by atoms with Crippen molar-refractivity contribution in [3.8, 4) is 17.0 Å². The topological polar surface area (TPSA) is 87.7 Å². The number of amides is 1. The summed E-state index contributed by atoms with van der Waals surface area (Å²) in [7, 11) is 1.65. The van der Waals surface area contributed by atoms with Crippen molar-refractivity contribution >= 4 is 28.4 Å². The van der Waals surface area contributed by atoms with Gasteiger partial charge in [0.05, 0.1) is 30.1 Å². The highest BCUT2D eigenvalue weighted by Gasteiger charge is 2.16. The minimum absolute atomic E-state index is 0.328. The van der Waals surface area contributed by atoms with Crippen LogP contribution in [0.5, 0.6) is 5.75 Å². The molecule has 1 heterocycles. The van der Waals surface area contributed by atoms with Crippen molar-refractivity contribution in [1.29, 1.82) is 0 Å². The van der Waals surface area contributed by atoms with E-state index in [1.54, 1.807) is 14.0 Å². The maximum Gasteiger partial charge on any atom is 0.411 e. The van der Waals surface area contributed by atoms with Crippen LogP contribution in [-0.4, -0.2) is 37.6 Å². The first-order chi connectivity index (χ1) is 14.1. The Morgan fingerprint density at radius 3 is 2.52 bits per heavy atom. The van der Waals surface area contributed by atoms with Crippen LogP contribution in [0, 0.1) is 0 Å². The van der Waals surface area contributed by atoms with Gasteiger partial charge in [-0.25, -0.2) is 4.79 Å². The zero-order valence-electron chi connectivity index (χ0n) is 17.0. The number of aryl methyl sites for hydroxylation is 1. The van der Waals surface area contributed by atoms with Crippen LogP contribution in [0.25, 0.3) is 22.2 Å².